The molecule has 1 amide bonds. The van der Waals surface area contributed by atoms with Gasteiger partial charge in [-0.3, -0.25) is 14.9 Å². The molecule has 3 rings (SSSR count). The number of aromatic nitrogens is 3. The van der Waals surface area contributed by atoms with Crippen LogP contribution in [-0.4, -0.2) is 21.1 Å². The molecule has 0 aromatic carbocycles. The molecule has 2 aromatic heterocycles. The highest BCUT2D eigenvalue weighted by atomic mass is 16.1. The van der Waals surface area contributed by atoms with E-state index in [1.54, 1.807) is 12.4 Å². The van der Waals surface area contributed by atoms with Crippen molar-refractivity contribution in [2.24, 2.45) is 0 Å². The quantitative estimate of drug-likeness (QED) is 0.761. The van der Waals surface area contributed by atoms with Crippen molar-refractivity contribution in [1.29, 1.82) is 0 Å². The van der Waals surface area contributed by atoms with Crippen molar-refractivity contribution in [2.45, 2.75) is 32.1 Å². The Morgan fingerprint density at radius 3 is 3.00 bits per heavy atom. The molecule has 0 aliphatic carbocycles. The zero-order valence-corrected chi connectivity index (χ0v) is 10.6. The number of fused-ring (bicyclic) bond motifs is 4. The molecule has 3 heterocycles. The fourth-order valence-corrected chi connectivity index (χ4v) is 2.35. The topological polar surface area (TPSA) is 70.7 Å². The van der Waals surface area contributed by atoms with Gasteiger partial charge in [0.2, 0.25) is 5.91 Å². The van der Waals surface area contributed by atoms with E-state index in [0.29, 0.717) is 6.42 Å². The number of hydrogen-bond donors (Lipinski definition) is 2. The van der Waals surface area contributed by atoms with Gasteiger partial charge in [0.15, 0.2) is 0 Å². The van der Waals surface area contributed by atoms with Gasteiger partial charge in [-0.05, 0) is 31.4 Å². The van der Waals surface area contributed by atoms with E-state index < -0.39 is 0 Å². The van der Waals surface area contributed by atoms with Gasteiger partial charge < -0.3 is 5.32 Å². The van der Waals surface area contributed by atoms with Crippen LogP contribution in [-0.2, 0) is 11.2 Å². The number of carbonyl (C=O) groups is 1. The van der Waals surface area contributed by atoms with Crippen molar-refractivity contribution in [3.05, 3.63) is 30.2 Å². The summed E-state index contributed by atoms with van der Waals surface area (Å²) in [4.78, 5) is 16.2. The second kappa shape index (κ2) is 5.22. The molecule has 98 valence electrons. The van der Waals surface area contributed by atoms with E-state index in [1.807, 2.05) is 12.1 Å². The van der Waals surface area contributed by atoms with Gasteiger partial charge in [-0.1, -0.05) is 6.42 Å². The molecule has 0 unspecified atom stereocenters. The first-order valence-corrected chi connectivity index (χ1v) is 6.62. The lowest BCUT2D eigenvalue weighted by molar-refractivity contribution is -0.116. The zero-order valence-electron chi connectivity index (χ0n) is 10.6. The molecule has 1 aliphatic rings. The average Bonchev–Trinajstić information content (AvgIpc) is 2.86. The minimum absolute atomic E-state index is 0.0532. The maximum absolute atomic E-state index is 11.8. The number of amides is 1. The lowest BCUT2D eigenvalue weighted by atomic mass is 10.1. The van der Waals surface area contributed by atoms with Crippen LogP contribution >= 0.6 is 0 Å². The number of hydrogen-bond acceptors (Lipinski definition) is 3. The fraction of sp³-hybridized carbons (Fsp3) is 0.357. The van der Waals surface area contributed by atoms with Crippen LogP contribution in [0.25, 0.3) is 11.3 Å². The molecule has 5 heteroatoms. The number of anilines is 1. The monoisotopic (exact) mass is 256 g/mol. The Balaban J connectivity index is 2.01. The molecule has 2 N–H and O–H groups in total. The number of carbonyl (C=O) groups excluding carboxylic acids is 1. The highest BCUT2D eigenvalue weighted by molar-refractivity contribution is 5.94. The number of pyridine rings is 1. The normalized spacial score (nSPS) is 15.9. The number of aryl methyl sites for hydroxylation is 1. The predicted molar refractivity (Wildman–Crippen MR) is 72.6 cm³/mol. The minimum atomic E-state index is 0.0532. The first kappa shape index (κ1) is 11.9. The van der Waals surface area contributed by atoms with E-state index >= 15 is 0 Å². The van der Waals surface area contributed by atoms with Crippen LogP contribution in [0.4, 0.5) is 5.69 Å². The Kier molecular flexibility index (Phi) is 3.27. The first-order chi connectivity index (χ1) is 9.33. The molecule has 2 aromatic rings. The summed E-state index contributed by atoms with van der Waals surface area (Å²) in [5.41, 5.74) is 3.58. The van der Waals surface area contributed by atoms with Gasteiger partial charge in [-0.15, -0.1) is 0 Å². The fourth-order valence-electron chi connectivity index (χ4n) is 2.35. The molecule has 0 fully saturated rings. The molecular formula is C14H16N4O. The Morgan fingerprint density at radius 2 is 2.05 bits per heavy atom. The van der Waals surface area contributed by atoms with E-state index in [2.05, 4.69) is 20.5 Å². The highest BCUT2D eigenvalue weighted by Gasteiger charge is 2.13. The molecule has 0 saturated carbocycles. The van der Waals surface area contributed by atoms with Gasteiger partial charge in [0.1, 0.15) is 5.69 Å². The van der Waals surface area contributed by atoms with Crippen molar-refractivity contribution < 1.29 is 4.79 Å². The van der Waals surface area contributed by atoms with Gasteiger partial charge in [-0.2, -0.15) is 5.10 Å². The van der Waals surface area contributed by atoms with Crippen molar-refractivity contribution in [1.82, 2.24) is 15.2 Å². The van der Waals surface area contributed by atoms with Crippen LogP contribution in [0, 0.1) is 0 Å². The lowest BCUT2D eigenvalue weighted by Crippen LogP contribution is -2.11. The van der Waals surface area contributed by atoms with E-state index in [9.17, 15) is 4.79 Å². The molecule has 0 spiro atoms. The summed E-state index contributed by atoms with van der Waals surface area (Å²) in [6.07, 6.45) is 8.07. The van der Waals surface area contributed by atoms with Crippen molar-refractivity contribution in [3.63, 3.8) is 0 Å². The van der Waals surface area contributed by atoms with Crippen molar-refractivity contribution >= 4 is 11.6 Å². The molecular weight excluding hydrogens is 240 g/mol. The second-order valence-electron chi connectivity index (χ2n) is 4.79. The standard InChI is InChI=1S/C14H16N4O/c19-13-5-3-1-2-4-11-8-10(6-7-15-11)14-12(17-13)9-16-18-14/h6-9H,1-5H2,(H,16,18)(H,17,19). The van der Waals surface area contributed by atoms with Crippen LogP contribution < -0.4 is 5.32 Å². The van der Waals surface area contributed by atoms with Gasteiger partial charge >= 0.3 is 0 Å². The first-order valence-electron chi connectivity index (χ1n) is 6.62. The smallest absolute Gasteiger partial charge is 0.224 e. The molecule has 2 bridgehead atoms. The van der Waals surface area contributed by atoms with Crippen LogP contribution in [0.5, 0.6) is 0 Å². The molecule has 0 atom stereocenters. The Morgan fingerprint density at radius 1 is 1.16 bits per heavy atom. The second-order valence-corrected chi connectivity index (χ2v) is 4.79. The average molecular weight is 256 g/mol. The third-order valence-electron chi connectivity index (χ3n) is 3.34. The number of H-pyrrole nitrogens is 1. The largest absolute Gasteiger partial charge is 0.323 e. The molecule has 5 nitrogen and oxygen atoms in total. The zero-order chi connectivity index (χ0) is 13.1. The van der Waals surface area contributed by atoms with Gasteiger partial charge in [-0.25, -0.2) is 0 Å². The summed E-state index contributed by atoms with van der Waals surface area (Å²) >= 11 is 0. The molecule has 0 radical (unpaired) electrons. The Hall–Kier alpha value is -2.17. The van der Waals surface area contributed by atoms with Gasteiger partial charge in [0, 0.05) is 30.1 Å². The van der Waals surface area contributed by atoms with Crippen molar-refractivity contribution in [3.8, 4) is 11.3 Å². The maximum Gasteiger partial charge on any atom is 0.224 e. The lowest BCUT2D eigenvalue weighted by Gasteiger charge is -2.09. The van der Waals surface area contributed by atoms with Gasteiger partial charge in [0.05, 0.1) is 5.69 Å². The summed E-state index contributed by atoms with van der Waals surface area (Å²) in [5, 5.41) is 9.95. The maximum atomic E-state index is 11.8. The third kappa shape index (κ3) is 2.65. The van der Waals surface area contributed by atoms with E-state index in [4.69, 9.17) is 0 Å². The molecule has 1 aliphatic heterocycles. The SMILES string of the molecule is O=C1CCCCCc2cc(ccn2)-c2n[nH]cc2N1. The third-order valence-corrected chi connectivity index (χ3v) is 3.34. The van der Waals surface area contributed by atoms with Crippen LogP contribution in [0.15, 0.2) is 24.5 Å². The summed E-state index contributed by atoms with van der Waals surface area (Å²) in [7, 11) is 0. The number of nitrogens with zero attached hydrogens (tertiary/aromatic N) is 2. The molecule has 0 saturated heterocycles. The van der Waals surface area contributed by atoms with Crippen molar-refractivity contribution in [2.75, 3.05) is 5.32 Å². The summed E-state index contributed by atoms with van der Waals surface area (Å²) in [6, 6.07) is 3.97. The van der Waals surface area contributed by atoms with E-state index in [-0.39, 0.29) is 5.91 Å². The van der Waals surface area contributed by atoms with E-state index in [0.717, 1.165) is 48.3 Å². The number of rotatable bonds is 0. The summed E-state index contributed by atoms with van der Waals surface area (Å²) in [6.45, 7) is 0. The number of aromatic amines is 1. The minimum Gasteiger partial charge on any atom is -0.323 e. The van der Waals surface area contributed by atoms with Crippen LogP contribution in [0.2, 0.25) is 0 Å². The predicted octanol–water partition coefficient (Wildman–Crippen LogP) is 2.53. The Labute approximate surface area is 111 Å². The summed E-state index contributed by atoms with van der Waals surface area (Å²) < 4.78 is 0. The Bertz CT molecular complexity index is 591. The van der Waals surface area contributed by atoms with Gasteiger partial charge in [0.25, 0.3) is 0 Å². The van der Waals surface area contributed by atoms with Crippen LogP contribution in [0.1, 0.15) is 31.4 Å². The van der Waals surface area contributed by atoms with Crippen LogP contribution in [0.3, 0.4) is 0 Å². The van der Waals surface area contributed by atoms with E-state index in [1.165, 1.54) is 0 Å². The molecule has 19 heavy (non-hydrogen) atoms. The summed E-state index contributed by atoms with van der Waals surface area (Å²) in [5.74, 6) is 0.0532. The number of nitrogens with one attached hydrogen (secondary N) is 2. The highest BCUT2D eigenvalue weighted by Crippen LogP contribution is 2.26.